The minimum Gasteiger partial charge on any atom is -0.311 e. The molecule has 20 heavy (non-hydrogen) atoms. The number of rotatable bonds is 8. The van der Waals surface area contributed by atoms with Gasteiger partial charge in [0.25, 0.3) is 0 Å². The predicted molar refractivity (Wildman–Crippen MR) is 84.0 cm³/mol. The van der Waals surface area contributed by atoms with Crippen LogP contribution >= 0.6 is 8.61 Å². The van der Waals surface area contributed by atoms with Crippen molar-refractivity contribution in [3.05, 3.63) is 71.8 Å². The number of hydrogen-bond donors (Lipinski definition) is 1. The molecule has 2 aromatic carbocycles. The van der Waals surface area contributed by atoms with Crippen molar-refractivity contribution in [2.45, 2.75) is 13.1 Å². The monoisotopic (exact) mass is 287 g/mol. The Hall–Kier alpha value is -1.54. The zero-order valence-electron chi connectivity index (χ0n) is 11.5. The van der Waals surface area contributed by atoms with Gasteiger partial charge in [-0.3, -0.25) is 0 Å². The summed E-state index contributed by atoms with van der Waals surface area (Å²) in [6.45, 7) is 3.19. The lowest BCUT2D eigenvalue weighted by molar-refractivity contribution is 0.422. The van der Waals surface area contributed by atoms with Crippen LogP contribution in [0.4, 0.5) is 0 Å². The standard InChI is InChI=1S/C16H19N2OP/c19-20-18(14-16-9-5-2-6-10-16)12-11-17-13-15-7-3-1-4-8-15/h1-10,17H,11-14H2/p+1. The van der Waals surface area contributed by atoms with Gasteiger partial charge in [0.05, 0.1) is 13.1 Å². The smallest absolute Gasteiger partial charge is 0.311 e. The summed E-state index contributed by atoms with van der Waals surface area (Å²) in [4.78, 5) is 0. The second-order valence-corrected chi connectivity index (χ2v) is 5.48. The fourth-order valence-electron chi connectivity index (χ4n) is 2.00. The lowest BCUT2D eigenvalue weighted by Gasteiger charge is -2.09. The molecule has 0 radical (unpaired) electrons. The van der Waals surface area contributed by atoms with Gasteiger partial charge in [0.2, 0.25) is 0 Å². The van der Waals surface area contributed by atoms with Crippen LogP contribution < -0.4 is 5.32 Å². The summed E-state index contributed by atoms with van der Waals surface area (Å²) in [6, 6.07) is 20.4. The average molecular weight is 287 g/mol. The van der Waals surface area contributed by atoms with Crippen molar-refractivity contribution in [2.24, 2.45) is 0 Å². The molecular formula is C16H20N2OP+. The molecule has 1 unspecified atom stereocenters. The number of nitrogens with zero attached hydrogens (tertiary/aromatic N) is 1. The minimum atomic E-state index is -0.404. The largest absolute Gasteiger partial charge is 0.421 e. The van der Waals surface area contributed by atoms with E-state index in [-0.39, 0.29) is 0 Å². The van der Waals surface area contributed by atoms with Crippen LogP contribution in [0.3, 0.4) is 0 Å². The fraction of sp³-hybridized carbons (Fsp3) is 0.250. The maximum absolute atomic E-state index is 11.2. The van der Waals surface area contributed by atoms with Gasteiger partial charge >= 0.3 is 8.61 Å². The Bertz CT molecular complexity index is 504. The first-order valence-electron chi connectivity index (χ1n) is 6.80. The molecule has 2 rings (SSSR count). The third-order valence-corrected chi connectivity index (χ3v) is 3.72. The normalized spacial score (nSPS) is 11.1. The zero-order chi connectivity index (χ0) is 14.0. The molecule has 0 aliphatic heterocycles. The SMILES string of the molecule is O=[PH+]N(CCNCc1ccccc1)Cc1ccccc1. The minimum absolute atomic E-state index is 0.404. The van der Waals surface area contributed by atoms with Crippen LogP contribution in [0.1, 0.15) is 11.1 Å². The summed E-state index contributed by atoms with van der Waals surface area (Å²) in [5.41, 5.74) is 2.46. The lowest BCUT2D eigenvalue weighted by atomic mass is 10.2. The molecule has 0 aliphatic carbocycles. The molecule has 0 aromatic heterocycles. The molecule has 0 fully saturated rings. The van der Waals surface area contributed by atoms with Crippen LogP contribution in [-0.4, -0.2) is 17.8 Å². The van der Waals surface area contributed by atoms with Crippen LogP contribution in [0.15, 0.2) is 60.7 Å². The third kappa shape index (κ3) is 5.22. The lowest BCUT2D eigenvalue weighted by Crippen LogP contribution is -2.25. The van der Waals surface area contributed by atoms with E-state index in [1.165, 1.54) is 11.1 Å². The van der Waals surface area contributed by atoms with Gasteiger partial charge in [0.15, 0.2) is 0 Å². The van der Waals surface area contributed by atoms with Crippen molar-refractivity contribution in [2.75, 3.05) is 13.1 Å². The van der Waals surface area contributed by atoms with Crippen LogP contribution in [0.2, 0.25) is 0 Å². The molecule has 0 saturated carbocycles. The van der Waals surface area contributed by atoms with E-state index < -0.39 is 8.61 Å². The van der Waals surface area contributed by atoms with Crippen LogP contribution in [0.25, 0.3) is 0 Å². The van der Waals surface area contributed by atoms with Crippen molar-refractivity contribution >= 4 is 8.61 Å². The van der Waals surface area contributed by atoms with Gasteiger partial charge in [-0.05, 0) is 11.1 Å². The average Bonchev–Trinajstić information content (AvgIpc) is 2.52. The second-order valence-electron chi connectivity index (χ2n) is 4.66. The molecule has 1 N–H and O–H groups in total. The van der Waals surface area contributed by atoms with Crippen molar-refractivity contribution in [3.8, 4) is 0 Å². The zero-order valence-corrected chi connectivity index (χ0v) is 12.5. The Morgan fingerprint density at radius 2 is 1.50 bits per heavy atom. The van der Waals surface area contributed by atoms with Crippen LogP contribution in [0, 0.1) is 0 Å². The predicted octanol–water partition coefficient (Wildman–Crippen LogP) is 3.22. The second kappa shape index (κ2) is 8.60. The van der Waals surface area contributed by atoms with Gasteiger partial charge in [0.1, 0.15) is 0 Å². The van der Waals surface area contributed by atoms with Gasteiger partial charge in [-0.2, -0.15) is 0 Å². The van der Waals surface area contributed by atoms with Crippen LogP contribution in [-0.2, 0) is 17.7 Å². The molecule has 0 amide bonds. The Balaban J connectivity index is 1.70. The van der Waals surface area contributed by atoms with E-state index in [2.05, 4.69) is 29.6 Å². The highest BCUT2D eigenvalue weighted by molar-refractivity contribution is 7.20. The Labute approximate surface area is 121 Å². The molecule has 0 spiro atoms. The van der Waals surface area contributed by atoms with Gasteiger partial charge in [-0.1, -0.05) is 69.9 Å². The summed E-state index contributed by atoms with van der Waals surface area (Å²) >= 11 is 0. The number of hydrogen-bond acceptors (Lipinski definition) is 2. The highest BCUT2D eigenvalue weighted by Gasteiger charge is 2.11. The van der Waals surface area contributed by atoms with Crippen LogP contribution in [0.5, 0.6) is 0 Å². The summed E-state index contributed by atoms with van der Waals surface area (Å²) in [6.07, 6.45) is 0. The number of nitrogens with one attached hydrogen (secondary N) is 1. The van der Waals surface area contributed by atoms with Gasteiger partial charge in [0, 0.05) is 13.1 Å². The fourth-order valence-corrected chi connectivity index (χ4v) is 2.45. The summed E-state index contributed by atoms with van der Waals surface area (Å²) in [7, 11) is -0.404. The summed E-state index contributed by atoms with van der Waals surface area (Å²) in [5, 5.41) is 3.38. The first-order chi connectivity index (χ1) is 9.88. The Morgan fingerprint density at radius 3 is 2.10 bits per heavy atom. The molecule has 1 atom stereocenters. The van der Waals surface area contributed by atoms with Crippen molar-refractivity contribution in [1.29, 1.82) is 0 Å². The molecule has 0 aliphatic rings. The van der Waals surface area contributed by atoms with E-state index in [1.54, 1.807) is 0 Å². The highest BCUT2D eigenvalue weighted by atomic mass is 31.1. The van der Waals surface area contributed by atoms with E-state index in [9.17, 15) is 4.57 Å². The topological polar surface area (TPSA) is 32.3 Å². The Kier molecular flexibility index (Phi) is 6.39. The third-order valence-electron chi connectivity index (χ3n) is 3.08. The van der Waals surface area contributed by atoms with Gasteiger partial charge in [-0.15, -0.1) is 0 Å². The van der Waals surface area contributed by atoms with Crippen molar-refractivity contribution in [3.63, 3.8) is 0 Å². The molecule has 104 valence electrons. The summed E-state index contributed by atoms with van der Waals surface area (Å²) < 4.78 is 13.2. The first-order valence-corrected chi connectivity index (χ1v) is 7.65. The van der Waals surface area contributed by atoms with E-state index in [4.69, 9.17) is 0 Å². The van der Waals surface area contributed by atoms with Crippen molar-refractivity contribution in [1.82, 2.24) is 9.99 Å². The maximum atomic E-state index is 11.2. The Morgan fingerprint density at radius 1 is 0.900 bits per heavy atom. The maximum Gasteiger partial charge on any atom is 0.421 e. The number of benzene rings is 2. The molecule has 4 heteroatoms. The van der Waals surface area contributed by atoms with Gasteiger partial charge < -0.3 is 5.32 Å². The van der Waals surface area contributed by atoms with Gasteiger partial charge in [-0.25, -0.2) is 0 Å². The molecule has 3 nitrogen and oxygen atoms in total. The quantitative estimate of drug-likeness (QED) is 0.597. The molecule has 0 saturated heterocycles. The highest BCUT2D eigenvalue weighted by Crippen LogP contribution is 2.11. The van der Waals surface area contributed by atoms with E-state index in [0.29, 0.717) is 0 Å². The molecule has 0 heterocycles. The molecule has 2 aromatic rings. The first kappa shape index (κ1) is 14.9. The van der Waals surface area contributed by atoms with E-state index in [1.807, 2.05) is 41.1 Å². The molecular weight excluding hydrogens is 267 g/mol. The van der Waals surface area contributed by atoms with E-state index in [0.717, 1.165) is 26.2 Å². The summed E-state index contributed by atoms with van der Waals surface area (Å²) in [5.74, 6) is 0. The van der Waals surface area contributed by atoms with E-state index >= 15 is 0 Å². The molecule has 0 bridgehead atoms. The van der Waals surface area contributed by atoms with Crippen molar-refractivity contribution < 1.29 is 4.57 Å².